The molecule has 1 saturated carbocycles. The molecule has 1 aliphatic rings. The van der Waals surface area contributed by atoms with E-state index in [0.29, 0.717) is 5.92 Å². The molecule has 1 amide bonds. The Balaban J connectivity index is 2.45. The van der Waals surface area contributed by atoms with E-state index in [-0.39, 0.29) is 11.9 Å². The first-order valence-corrected chi connectivity index (χ1v) is 6.08. The van der Waals surface area contributed by atoms with Gasteiger partial charge in [-0.05, 0) is 39.3 Å². The number of likely N-dealkylation sites (N-methyl/N-ethyl adjacent to an activating group) is 1. The number of nitrogens with zero attached hydrogens (tertiary/aromatic N) is 1. The number of rotatable bonds is 6. The first kappa shape index (κ1) is 13.5. The van der Waals surface area contributed by atoms with E-state index in [0.717, 1.165) is 25.8 Å². The molecule has 16 heavy (non-hydrogen) atoms. The molecule has 3 N–H and O–H groups in total. The van der Waals surface area contributed by atoms with Gasteiger partial charge in [-0.1, -0.05) is 13.8 Å². The molecule has 0 aromatic heterocycles. The Bertz CT molecular complexity index is 237. The number of nitrogens with one attached hydrogen (secondary N) is 1. The van der Waals surface area contributed by atoms with Crippen LogP contribution in [0.4, 0.5) is 0 Å². The highest BCUT2D eigenvalue weighted by molar-refractivity contribution is 5.89. The van der Waals surface area contributed by atoms with Crippen LogP contribution in [0.2, 0.25) is 0 Å². The van der Waals surface area contributed by atoms with E-state index >= 15 is 0 Å². The maximum Gasteiger partial charge on any atom is 0.240 e. The first-order valence-electron chi connectivity index (χ1n) is 6.08. The van der Waals surface area contributed by atoms with Crippen molar-refractivity contribution in [3.63, 3.8) is 0 Å². The van der Waals surface area contributed by atoms with E-state index < -0.39 is 5.54 Å². The van der Waals surface area contributed by atoms with E-state index in [1.54, 1.807) is 0 Å². The summed E-state index contributed by atoms with van der Waals surface area (Å²) in [5.74, 6) is 0.609. The molecule has 94 valence electrons. The van der Waals surface area contributed by atoms with Crippen LogP contribution in [-0.2, 0) is 4.79 Å². The fourth-order valence-corrected chi connectivity index (χ4v) is 1.88. The standard InChI is InChI=1S/C12H25N3O/c1-9(2)7-10(8-15(3)4)14-11(16)12(13)5-6-12/h9-10H,5-8,13H2,1-4H3,(H,14,16). The summed E-state index contributed by atoms with van der Waals surface area (Å²) in [5.41, 5.74) is 5.32. The quantitative estimate of drug-likeness (QED) is 0.697. The summed E-state index contributed by atoms with van der Waals surface area (Å²) in [6.45, 7) is 5.22. The average molecular weight is 227 g/mol. The van der Waals surface area contributed by atoms with Crippen molar-refractivity contribution in [1.82, 2.24) is 10.2 Å². The predicted molar refractivity (Wildman–Crippen MR) is 66.1 cm³/mol. The molecule has 0 bridgehead atoms. The van der Waals surface area contributed by atoms with Gasteiger partial charge in [-0.3, -0.25) is 4.79 Å². The number of hydrogen-bond donors (Lipinski definition) is 2. The second kappa shape index (κ2) is 5.15. The van der Waals surface area contributed by atoms with Gasteiger partial charge < -0.3 is 16.0 Å². The lowest BCUT2D eigenvalue weighted by molar-refractivity contribution is -0.124. The Hall–Kier alpha value is -0.610. The Kier molecular flexibility index (Phi) is 4.33. The summed E-state index contributed by atoms with van der Waals surface area (Å²) in [5, 5.41) is 3.08. The number of carbonyl (C=O) groups is 1. The molecule has 4 heteroatoms. The van der Waals surface area contributed by atoms with Gasteiger partial charge in [0.05, 0.1) is 5.54 Å². The van der Waals surface area contributed by atoms with E-state index in [2.05, 4.69) is 24.1 Å². The Morgan fingerprint density at radius 1 is 1.44 bits per heavy atom. The number of hydrogen-bond acceptors (Lipinski definition) is 3. The molecule has 1 unspecified atom stereocenters. The monoisotopic (exact) mass is 227 g/mol. The minimum atomic E-state index is -0.554. The number of amides is 1. The molecule has 0 aromatic carbocycles. The fourth-order valence-electron chi connectivity index (χ4n) is 1.88. The minimum Gasteiger partial charge on any atom is -0.350 e. The molecule has 4 nitrogen and oxygen atoms in total. The molecule has 1 atom stereocenters. The van der Waals surface area contributed by atoms with E-state index in [4.69, 9.17) is 5.73 Å². The van der Waals surface area contributed by atoms with Crippen LogP contribution in [0.3, 0.4) is 0 Å². The molecular weight excluding hydrogens is 202 g/mol. The third-order valence-corrected chi connectivity index (χ3v) is 2.92. The second-order valence-electron chi connectivity index (χ2n) is 5.72. The second-order valence-corrected chi connectivity index (χ2v) is 5.72. The van der Waals surface area contributed by atoms with Crippen molar-refractivity contribution in [2.45, 2.75) is 44.7 Å². The van der Waals surface area contributed by atoms with Gasteiger partial charge in [0.1, 0.15) is 0 Å². The highest BCUT2D eigenvalue weighted by Gasteiger charge is 2.46. The summed E-state index contributed by atoms with van der Waals surface area (Å²) in [6.07, 6.45) is 2.66. The zero-order valence-electron chi connectivity index (χ0n) is 10.9. The topological polar surface area (TPSA) is 58.4 Å². The van der Waals surface area contributed by atoms with Crippen LogP contribution in [0.5, 0.6) is 0 Å². The van der Waals surface area contributed by atoms with E-state index in [9.17, 15) is 4.79 Å². The van der Waals surface area contributed by atoms with Gasteiger partial charge in [-0.2, -0.15) is 0 Å². The van der Waals surface area contributed by atoms with Crippen molar-refractivity contribution in [2.24, 2.45) is 11.7 Å². The van der Waals surface area contributed by atoms with Crippen molar-refractivity contribution in [3.8, 4) is 0 Å². The van der Waals surface area contributed by atoms with Gasteiger partial charge in [0.15, 0.2) is 0 Å². The summed E-state index contributed by atoms with van der Waals surface area (Å²) in [4.78, 5) is 13.9. The molecule has 0 aromatic rings. The van der Waals surface area contributed by atoms with Crippen LogP contribution in [0.25, 0.3) is 0 Å². The summed E-state index contributed by atoms with van der Waals surface area (Å²) < 4.78 is 0. The van der Waals surface area contributed by atoms with Crippen LogP contribution in [-0.4, -0.2) is 43.0 Å². The number of nitrogens with two attached hydrogens (primary N) is 1. The van der Waals surface area contributed by atoms with Crippen LogP contribution in [0.1, 0.15) is 33.1 Å². The molecule has 1 fully saturated rings. The van der Waals surface area contributed by atoms with Gasteiger partial charge in [0.25, 0.3) is 0 Å². The minimum absolute atomic E-state index is 0.0278. The Morgan fingerprint density at radius 3 is 2.38 bits per heavy atom. The normalized spacial score (nSPS) is 19.9. The third-order valence-electron chi connectivity index (χ3n) is 2.92. The summed E-state index contributed by atoms with van der Waals surface area (Å²) in [7, 11) is 4.05. The summed E-state index contributed by atoms with van der Waals surface area (Å²) in [6, 6.07) is 0.212. The zero-order valence-corrected chi connectivity index (χ0v) is 10.9. The highest BCUT2D eigenvalue weighted by Crippen LogP contribution is 2.32. The zero-order chi connectivity index (χ0) is 12.3. The first-order chi connectivity index (χ1) is 7.33. The van der Waals surface area contributed by atoms with Crippen LogP contribution in [0.15, 0.2) is 0 Å². The van der Waals surface area contributed by atoms with Gasteiger partial charge >= 0.3 is 0 Å². The van der Waals surface area contributed by atoms with Gasteiger partial charge in [-0.25, -0.2) is 0 Å². The largest absolute Gasteiger partial charge is 0.350 e. The van der Waals surface area contributed by atoms with Crippen molar-refractivity contribution < 1.29 is 4.79 Å². The molecule has 0 spiro atoms. The highest BCUT2D eigenvalue weighted by atomic mass is 16.2. The van der Waals surface area contributed by atoms with Gasteiger partial charge in [0.2, 0.25) is 5.91 Å². The molecule has 0 aliphatic heterocycles. The molecule has 0 heterocycles. The molecule has 0 saturated heterocycles. The summed E-state index contributed by atoms with van der Waals surface area (Å²) >= 11 is 0. The lowest BCUT2D eigenvalue weighted by Gasteiger charge is -2.25. The van der Waals surface area contributed by atoms with E-state index in [1.165, 1.54) is 0 Å². The number of carbonyl (C=O) groups excluding carboxylic acids is 1. The van der Waals surface area contributed by atoms with Gasteiger partial charge in [0, 0.05) is 12.6 Å². The van der Waals surface area contributed by atoms with Crippen molar-refractivity contribution in [1.29, 1.82) is 0 Å². The Morgan fingerprint density at radius 2 is 2.00 bits per heavy atom. The maximum absolute atomic E-state index is 11.8. The van der Waals surface area contributed by atoms with Gasteiger partial charge in [-0.15, -0.1) is 0 Å². The van der Waals surface area contributed by atoms with Crippen molar-refractivity contribution >= 4 is 5.91 Å². The van der Waals surface area contributed by atoms with E-state index in [1.807, 2.05) is 14.1 Å². The van der Waals surface area contributed by atoms with Crippen LogP contribution < -0.4 is 11.1 Å². The van der Waals surface area contributed by atoms with Crippen LogP contribution >= 0.6 is 0 Å². The van der Waals surface area contributed by atoms with Crippen molar-refractivity contribution in [2.75, 3.05) is 20.6 Å². The predicted octanol–water partition coefficient (Wildman–Crippen LogP) is 0.570. The lowest BCUT2D eigenvalue weighted by atomic mass is 10.0. The van der Waals surface area contributed by atoms with Crippen molar-refractivity contribution in [3.05, 3.63) is 0 Å². The van der Waals surface area contributed by atoms with Crippen LogP contribution in [0, 0.1) is 5.92 Å². The molecule has 1 rings (SSSR count). The average Bonchev–Trinajstić information content (AvgIpc) is 2.82. The SMILES string of the molecule is CC(C)CC(CN(C)C)NC(=O)C1(N)CC1. The molecule has 0 radical (unpaired) electrons. The fraction of sp³-hybridized carbons (Fsp3) is 0.917. The Labute approximate surface area is 98.6 Å². The lowest BCUT2D eigenvalue weighted by Crippen LogP contribution is -2.50. The molecule has 1 aliphatic carbocycles. The maximum atomic E-state index is 11.8. The smallest absolute Gasteiger partial charge is 0.240 e. The molecular formula is C12H25N3O. The third kappa shape index (κ3) is 4.10.